The molecule has 4 nitrogen and oxygen atoms in total. The van der Waals surface area contributed by atoms with Crippen LogP contribution in [0, 0.1) is 5.92 Å². The molecule has 116 valence electrons. The SMILES string of the molecule is COCCN(Cc1ccc(C=CC(=O)O)s1)C(C)C1CC1. The number of carbonyl (C=O) groups is 1. The summed E-state index contributed by atoms with van der Waals surface area (Å²) in [5, 5.41) is 8.66. The van der Waals surface area contributed by atoms with E-state index < -0.39 is 5.97 Å². The van der Waals surface area contributed by atoms with Crippen molar-refractivity contribution < 1.29 is 14.6 Å². The summed E-state index contributed by atoms with van der Waals surface area (Å²) < 4.78 is 5.22. The van der Waals surface area contributed by atoms with Gasteiger partial charge < -0.3 is 9.84 Å². The first-order valence-electron chi connectivity index (χ1n) is 7.33. The standard InChI is InChI=1S/C16H23NO3S/c1-12(13-3-4-13)17(9-10-20-2)11-15-6-5-14(21-15)7-8-16(18)19/h5-8,12-13H,3-4,9-11H2,1-2H3,(H,18,19). The summed E-state index contributed by atoms with van der Waals surface area (Å²) in [6.07, 6.45) is 5.51. The molecule has 1 aliphatic carbocycles. The van der Waals surface area contributed by atoms with Gasteiger partial charge >= 0.3 is 5.97 Å². The lowest BCUT2D eigenvalue weighted by Crippen LogP contribution is -2.36. The lowest BCUT2D eigenvalue weighted by atomic mass is 10.2. The first-order chi connectivity index (χ1) is 10.1. The van der Waals surface area contributed by atoms with E-state index in [2.05, 4.69) is 17.9 Å². The van der Waals surface area contributed by atoms with Gasteiger partial charge in [0.2, 0.25) is 0 Å². The third-order valence-electron chi connectivity index (χ3n) is 3.89. The number of methoxy groups -OCH3 is 1. The quantitative estimate of drug-likeness (QED) is 0.712. The molecule has 0 aromatic carbocycles. The molecule has 0 radical (unpaired) electrons. The Bertz CT molecular complexity index is 493. The summed E-state index contributed by atoms with van der Waals surface area (Å²) in [5.74, 6) is -0.0813. The number of hydrogen-bond acceptors (Lipinski definition) is 4. The van der Waals surface area contributed by atoms with Gasteiger partial charge in [0.15, 0.2) is 0 Å². The third-order valence-corrected chi connectivity index (χ3v) is 4.93. The Labute approximate surface area is 130 Å². The Morgan fingerprint density at radius 1 is 1.57 bits per heavy atom. The van der Waals surface area contributed by atoms with Gasteiger partial charge in [-0.25, -0.2) is 4.79 Å². The molecule has 1 heterocycles. The van der Waals surface area contributed by atoms with Crippen molar-refractivity contribution in [3.63, 3.8) is 0 Å². The van der Waals surface area contributed by atoms with E-state index in [9.17, 15) is 4.79 Å². The first kappa shape index (κ1) is 16.2. The monoisotopic (exact) mass is 309 g/mol. The normalized spacial score (nSPS) is 16.7. The number of ether oxygens (including phenoxy) is 1. The molecule has 1 fully saturated rings. The minimum absolute atomic E-state index is 0.584. The van der Waals surface area contributed by atoms with E-state index in [-0.39, 0.29) is 0 Å². The average Bonchev–Trinajstić information content (AvgIpc) is 3.21. The van der Waals surface area contributed by atoms with Crippen molar-refractivity contribution in [2.24, 2.45) is 5.92 Å². The highest BCUT2D eigenvalue weighted by Crippen LogP contribution is 2.36. The Morgan fingerprint density at radius 3 is 2.95 bits per heavy atom. The second kappa shape index (κ2) is 7.73. The van der Waals surface area contributed by atoms with Crippen LogP contribution in [-0.2, 0) is 16.1 Å². The van der Waals surface area contributed by atoms with E-state index in [1.807, 2.05) is 6.07 Å². The van der Waals surface area contributed by atoms with Gasteiger partial charge in [0.25, 0.3) is 0 Å². The smallest absolute Gasteiger partial charge is 0.328 e. The Balaban J connectivity index is 1.96. The van der Waals surface area contributed by atoms with Crippen molar-refractivity contribution >= 4 is 23.4 Å². The fourth-order valence-corrected chi connectivity index (χ4v) is 3.38. The van der Waals surface area contributed by atoms with E-state index >= 15 is 0 Å². The highest BCUT2D eigenvalue weighted by Gasteiger charge is 2.31. The zero-order valence-electron chi connectivity index (χ0n) is 12.6. The van der Waals surface area contributed by atoms with E-state index in [1.165, 1.54) is 23.8 Å². The van der Waals surface area contributed by atoms with E-state index in [4.69, 9.17) is 9.84 Å². The molecule has 0 amide bonds. The number of thiophene rings is 1. The maximum atomic E-state index is 10.5. The molecule has 1 saturated carbocycles. The number of rotatable bonds is 9. The second-order valence-electron chi connectivity index (χ2n) is 5.52. The van der Waals surface area contributed by atoms with Crippen LogP contribution >= 0.6 is 11.3 Å². The lowest BCUT2D eigenvalue weighted by molar-refractivity contribution is -0.131. The van der Waals surface area contributed by atoms with Crippen molar-refractivity contribution in [1.29, 1.82) is 0 Å². The van der Waals surface area contributed by atoms with Gasteiger partial charge in [0.05, 0.1) is 6.61 Å². The van der Waals surface area contributed by atoms with Crippen molar-refractivity contribution in [1.82, 2.24) is 4.90 Å². The Hall–Kier alpha value is -1.17. The molecule has 1 N–H and O–H groups in total. The maximum absolute atomic E-state index is 10.5. The van der Waals surface area contributed by atoms with E-state index in [0.29, 0.717) is 6.04 Å². The van der Waals surface area contributed by atoms with Crippen molar-refractivity contribution in [2.75, 3.05) is 20.3 Å². The van der Waals surface area contributed by atoms with Crippen LogP contribution in [0.25, 0.3) is 6.08 Å². The summed E-state index contributed by atoms with van der Waals surface area (Å²) in [5.41, 5.74) is 0. The number of hydrogen-bond donors (Lipinski definition) is 1. The minimum atomic E-state index is -0.908. The summed E-state index contributed by atoms with van der Waals surface area (Å²) >= 11 is 1.65. The molecule has 0 spiro atoms. The summed E-state index contributed by atoms with van der Waals surface area (Å²) in [6.45, 7) is 4.89. The molecule has 0 aliphatic heterocycles. The highest BCUT2D eigenvalue weighted by atomic mass is 32.1. The lowest BCUT2D eigenvalue weighted by Gasteiger charge is -2.28. The van der Waals surface area contributed by atoms with Gasteiger partial charge in [-0.2, -0.15) is 0 Å². The van der Waals surface area contributed by atoms with Crippen molar-refractivity contribution in [3.05, 3.63) is 28.0 Å². The number of aliphatic carboxylic acids is 1. The van der Waals surface area contributed by atoms with Crippen LogP contribution in [0.3, 0.4) is 0 Å². The molecule has 1 unspecified atom stereocenters. The van der Waals surface area contributed by atoms with Crippen LogP contribution in [0.1, 0.15) is 29.5 Å². The maximum Gasteiger partial charge on any atom is 0.328 e. The number of nitrogens with zero attached hydrogens (tertiary/aromatic N) is 1. The van der Waals surface area contributed by atoms with E-state index in [1.54, 1.807) is 24.5 Å². The van der Waals surface area contributed by atoms with Crippen LogP contribution < -0.4 is 0 Å². The second-order valence-corrected chi connectivity index (χ2v) is 6.72. The molecule has 1 aromatic rings. The third kappa shape index (κ3) is 5.26. The minimum Gasteiger partial charge on any atom is -0.478 e. The van der Waals surface area contributed by atoms with Gasteiger partial charge in [-0.05, 0) is 43.9 Å². The molecule has 2 rings (SSSR count). The Morgan fingerprint density at radius 2 is 2.33 bits per heavy atom. The molecule has 5 heteroatoms. The molecule has 0 bridgehead atoms. The summed E-state index contributed by atoms with van der Waals surface area (Å²) in [4.78, 5) is 15.3. The molecule has 1 aliphatic rings. The predicted octanol–water partition coefficient (Wildman–Crippen LogP) is 3.09. The molecule has 21 heavy (non-hydrogen) atoms. The number of carboxylic acid groups (broad SMARTS) is 1. The topological polar surface area (TPSA) is 49.8 Å². The van der Waals surface area contributed by atoms with Crippen molar-refractivity contribution in [3.8, 4) is 0 Å². The van der Waals surface area contributed by atoms with Gasteiger partial charge in [-0.3, -0.25) is 4.90 Å². The van der Waals surface area contributed by atoms with Crippen LogP contribution in [-0.4, -0.2) is 42.3 Å². The molecule has 0 saturated heterocycles. The van der Waals surface area contributed by atoms with Crippen LogP contribution in [0.4, 0.5) is 0 Å². The zero-order chi connectivity index (χ0) is 15.2. The summed E-state index contributed by atoms with van der Waals surface area (Å²) in [7, 11) is 1.74. The molecule has 1 atom stereocenters. The van der Waals surface area contributed by atoms with Gasteiger partial charge in [-0.1, -0.05) is 0 Å². The molecule has 1 aromatic heterocycles. The van der Waals surface area contributed by atoms with Gasteiger partial charge in [0.1, 0.15) is 0 Å². The van der Waals surface area contributed by atoms with Crippen LogP contribution in [0.2, 0.25) is 0 Å². The molecular weight excluding hydrogens is 286 g/mol. The summed E-state index contributed by atoms with van der Waals surface area (Å²) in [6, 6.07) is 4.65. The van der Waals surface area contributed by atoms with Gasteiger partial charge in [-0.15, -0.1) is 11.3 Å². The highest BCUT2D eigenvalue weighted by molar-refractivity contribution is 7.12. The van der Waals surface area contributed by atoms with Crippen LogP contribution in [0.15, 0.2) is 18.2 Å². The largest absolute Gasteiger partial charge is 0.478 e. The fourth-order valence-electron chi connectivity index (χ4n) is 2.43. The zero-order valence-corrected chi connectivity index (χ0v) is 13.4. The fraction of sp³-hybridized carbons (Fsp3) is 0.562. The van der Waals surface area contributed by atoms with Crippen LogP contribution in [0.5, 0.6) is 0 Å². The Kier molecular flexibility index (Phi) is 5.96. The molecular formula is C16H23NO3S. The number of carboxylic acids is 1. The first-order valence-corrected chi connectivity index (χ1v) is 8.14. The van der Waals surface area contributed by atoms with Crippen molar-refractivity contribution in [2.45, 2.75) is 32.4 Å². The van der Waals surface area contributed by atoms with Gasteiger partial charge in [0, 0.05) is 42.1 Å². The van der Waals surface area contributed by atoms with E-state index in [0.717, 1.165) is 30.5 Å². The average molecular weight is 309 g/mol. The predicted molar refractivity (Wildman–Crippen MR) is 85.5 cm³/mol.